The molecular formula is C19H11Cl2N3O3S. The van der Waals surface area contributed by atoms with Crippen LogP contribution in [0, 0.1) is 11.3 Å². The Morgan fingerprint density at radius 1 is 1.18 bits per heavy atom. The van der Waals surface area contributed by atoms with Crippen LogP contribution < -0.4 is 5.32 Å². The van der Waals surface area contributed by atoms with Gasteiger partial charge in [0.2, 0.25) is 0 Å². The lowest BCUT2D eigenvalue weighted by atomic mass is 10.1. The molecule has 28 heavy (non-hydrogen) atoms. The molecule has 0 fully saturated rings. The summed E-state index contributed by atoms with van der Waals surface area (Å²) in [6.45, 7) is 0. The summed E-state index contributed by atoms with van der Waals surface area (Å²) < 4.78 is 0. The molecule has 6 nitrogen and oxygen atoms in total. The minimum absolute atomic E-state index is 0.189. The van der Waals surface area contributed by atoms with Crippen molar-refractivity contribution in [3.8, 4) is 28.8 Å². The zero-order valence-corrected chi connectivity index (χ0v) is 16.3. The minimum Gasteiger partial charge on any atom is -0.504 e. The predicted octanol–water partition coefficient (Wildman–Crippen LogP) is 5.07. The molecule has 0 aliphatic heterocycles. The molecule has 0 atom stereocenters. The van der Waals surface area contributed by atoms with Crippen molar-refractivity contribution >= 4 is 51.7 Å². The number of rotatable bonds is 4. The number of carbonyl (C=O) groups is 1. The molecule has 0 bridgehead atoms. The van der Waals surface area contributed by atoms with Gasteiger partial charge in [0.1, 0.15) is 11.6 Å². The highest BCUT2D eigenvalue weighted by Gasteiger charge is 2.14. The van der Waals surface area contributed by atoms with Crippen LogP contribution in [0.3, 0.4) is 0 Å². The summed E-state index contributed by atoms with van der Waals surface area (Å²) in [6.07, 6.45) is 1.29. The minimum atomic E-state index is -0.654. The Hall–Kier alpha value is -3.05. The molecule has 3 N–H and O–H groups in total. The molecule has 140 valence electrons. The van der Waals surface area contributed by atoms with Crippen molar-refractivity contribution < 1.29 is 15.0 Å². The number of hydrogen-bond acceptors (Lipinski definition) is 6. The fourth-order valence-electron chi connectivity index (χ4n) is 2.26. The van der Waals surface area contributed by atoms with E-state index in [0.717, 1.165) is 0 Å². The number of phenolic OH excluding ortho intramolecular Hbond substituents is 2. The third kappa shape index (κ3) is 4.43. The molecule has 0 aliphatic carbocycles. The molecule has 9 heteroatoms. The van der Waals surface area contributed by atoms with E-state index in [4.69, 9.17) is 23.2 Å². The van der Waals surface area contributed by atoms with E-state index < -0.39 is 5.91 Å². The molecule has 1 aromatic heterocycles. The van der Waals surface area contributed by atoms with E-state index in [0.29, 0.717) is 32.0 Å². The van der Waals surface area contributed by atoms with E-state index in [1.807, 2.05) is 0 Å². The van der Waals surface area contributed by atoms with Crippen molar-refractivity contribution in [2.45, 2.75) is 0 Å². The first-order valence-corrected chi connectivity index (χ1v) is 9.37. The number of amides is 1. The van der Waals surface area contributed by atoms with Crippen molar-refractivity contribution in [3.05, 3.63) is 63.0 Å². The predicted molar refractivity (Wildman–Crippen MR) is 110 cm³/mol. The number of thiazole rings is 1. The lowest BCUT2D eigenvalue weighted by molar-refractivity contribution is -0.112. The smallest absolute Gasteiger partial charge is 0.268 e. The van der Waals surface area contributed by atoms with Crippen LogP contribution in [0.5, 0.6) is 11.5 Å². The van der Waals surface area contributed by atoms with Gasteiger partial charge in [0.15, 0.2) is 16.6 Å². The Kier molecular flexibility index (Phi) is 5.85. The van der Waals surface area contributed by atoms with Gasteiger partial charge in [-0.3, -0.25) is 10.1 Å². The van der Waals surface area contributed by atoms with E-state index in [1.165, 1.54) is 35.6 Å². The first-order valence-electron chi connectivity index (χ1n) is 7.73. The van der Waals surface area contributed by atoms with Gasteiger partial charge in [0.05, 0.1) is 10.7 Å². The van der Waals surface area contributed by atoms with Crippen LogP contribution >= 0.6 is 34.5 Å². The summed E-state index contributed by atoms with van der Waals surface area (Å²) in [5, 5.41) is 33.6. The van der Waals surface area contributed by atoms with Gasteiger partial charge < -0.3 is 10.2 Å². The molecule has 1 amide bonds. The molecule has 3 aromatic rings. The lowest BCUT2D eigenvalue weighted by Crippen LogP contribution is -2.13. The van der Waals surface area contributed by atoms with Crippen LogP contribution in [0.15, 0.2) is 47.4 Å². The number of aromatic hydroxyl groups is 2. The van der Waals surface area contributed by atoms with Gasteiger partial charge in [-0.25, -0.2) is 4.98 Å². The molecule has 2 aromatic carbocycles. The molecule has 3 rings (SSSR count). The monoisotopic (exact) mass is 431 g/mol. The second kappa shape index (κ2) is 8.31. The van der Waals surface area contributed by atoms with E-state index in [9.17, 15) is 20.3 Å². The zero-order valence-electron chi connectivity index (χ0n) is 14.0. The summed E-state index contributed by atoms with van der Waals surface area (Å²) in [4.78, 5) is 16.7. The summed E-state index contributed by atoms with van der Waals surface area (Å²) in [6, 6.07) is 10.8. The number of anilines is 1. The first-order chi connectivity index (χ1) is 13.4. The molecule has 0 saturated carbocycles. The third-order valence-electron chi connectivity index (χ3n) is 3.61. The molecule has 1 heterocycles. The van der Waals surface area contributed by atoms with Crippen LogP contribution in [0.4, 0.5) is 5.13 Å². The number of nitriles is 1. The van der Waals surface area contributed by atoms with Crippen molar-refractivity contribution in [2.75, 3.05) is 5.32 Å². The topological polar surface area (TPSA) is 106 Å². The van der Waals surface area contributed by atoms with Gasteiger partial charge in [-0.15, -0.1) is 11.3 Å². The van der Waals surface area contributed by atoms with E-state index in [-0.39, 0.29) is 17.1 Å². The van der Waals surface area contributed by atoms with E-state index in [2.05, 4.69) is 10.3 Å². The van der Waals surface area contributed by atoms with Gasteiger partial charge in [-0.1, -0.05) is 29.3 Å². The molecule has 0 unspecified atom stereocenters. The fourth-order valence-corrected chi connectivity index (χ4v) is 3.47. The Bertz CT molecular complexity index is 1140. The van der Waals surface area contributed by atoms with Gasteiger partial charge in [0, 0.05) is 16.0 Å². The Morgan fingerprint density at radius 2 is 1.96 bits per heavy atom. The van der Waals surface area contributed by atoms with Crippen molar-refractivity contribution in [3.63, 3.8) is 0 Å². The van der Waals surface area contributed by atoms with E-state index in [1.54, 1.807) is 29.6 Å². The maximum atomic E-state index is 12.4. The van der Waals surface area contributed by atoms with Gasteiger partial charge in [-0.05, 0) is 42.0 Å². The average Bonchev–Trinajstić information content (AvgIpc) is 3.10. The van der Waals surface area contributed by atoms with Crippen LogP contribution in [0.1, 0.15) is 5.56 Å². The highest BCUT2D eigenvalue weighted by atomic mass is 35.5. The van der Waals surface area contributed by atoms with Gasteiger partial charge in [-0.2, -0.15) is 5.26 Å². The fraction of sp³-hybridized carbons (Fsp3) is 0. The van der Waals surface area contributed by atoms with Gasteiger partial charge >= 0.3 is 0 Å². The summed E-state index contributed by atoms with van der Waals surface area (Å²) in [5.41, 5.74) is 1.42. The van der Waals surface area contributed by atoms with Crippen molar-refractivity contribution in [1.82, 2.24) is 4.98 Å². The number of nitrogens with zero attached hydrogens (tertiary/aromatic N) is 2. The Morgan fingerprint density at radius 3 is 2.64 bits per heavy atom. The second-order valence-corrected chi connectivity index (χ2v) is 7.24. The number of hydrogen-bond donors (Lipinski definition) is 3. The van der Waals surface area contributed by atoms with Crippen LogP contribution in [0.25, 0.3) is 17.3 Å². The highest BCUT2D eigenvalue weighted by Crippen LogP contribution is 2.32. The largest absolute Gasteiger partial charge is 0.504 e. The van der Waals surface area contributed by atoms with E-state index >= 15 is 0 Å². The molecule has 0 aliphatic rings. The SMILES string of the molecule is N#C/C(=C\c1ccc(O)c(O)c1)C(=O)Nc1nc(-c2ccc(Cl)cc2Cl)cs1. The summed E-state index contributed by atoms with van der Waals surface area (Å²) >= 11 is 13.2. The first kappa shape index (κ1) is 19.7. The van der Waals surface area contributed by atoms with Crippen LogP contribution in [-0.4, -0.2) is 21.1 Å². The number of phenols is 2. The summed E-state index contributed by atoms with van der Waals surface area (Å²) in [5.74, 6) is -1.30. The Labute approximate surface area is 173 Å². The number of aromatic nitrogens is 1. The Balaban J connectivity index is 1.80. The normalized spacial score (nSPS) is 11.1. The van der Waals surface area contributed by atoms with Crippen LogP contribution in [0.2, 0.25) is 10.0 Å². The van der Waals surface area contributed by atoms with Crippen molar-refractivity contribution in [1.29, 1.82) is 5.26 Å². The molecule has 0 spiro atoms. The number of benzene rings is 2. The number of halogens is 2. The number of nitrogens with one attached hydrogen (secondary N) is 1. The maximum Gasteiger partial charge on any atom is 0.268 e. The zero-order chi connectivity index (χ0) is 20.3. The number of carbonyl (C=O) groups excluding carboxylic acids is 1. The highest BCUT2D eigenvalue weighted by molar-refractivity contribution is 7.14. The average molecular weight is 432 g/mol. The lowest BCUT2D eigenvalue weighted by Gasteiger charge is -2.02. The molecule has 0 radical (unpaired) electrons. The van der Waals surface area contributed by atoms with Crippen LogP contribution in [-0.2, 0) is 4.79 Å². The standard InChI is InChI=1S/C19H11Cl2N3O3S/c20-12-2-3-13(14(21)7-12)15-9-28-19(23-15)24-18(27)11(8-22)5-10-1-4-16(25)17(26)6-10/h1-7,9,25-26H,(H,23,24,27)/b11-5+. The molecular weight excluding hydrogens is 421 g/mol. The summed E-state index contributed by atoms with van der Waals surface area (Å²) in [7, 11) is 0. The third-order valence-corrected chi connectivity index (χ3v) is 4.91. The van der Waals surface area contributed by atoms with Crippen molar-refractivity contribution in [2.24, 2.45) is 0 Å². The maximum absolute atomic E-state index is 12.4. The van der Waals surface area contributed by atoms with Gasteiger partial charge in [0.25, 0.3) is 5.91 Å². The molecule has 0 saturated heterocycles. The quantitative estimate of drug-likeness (QED) is 0.303. The second-order valence-electron chi connectivity index (χ2n) is 5.53.